The van der Waals surface area contributed by atoms with Crippen molar-refractivity contribution < 1.29 is 4.74 Å². The Morgan fingerprint density at radius 2 is 2.06 bits per heavy atom. The van der Waals surface area contributed by atoms with E-state index in [-0.39, 0.29) is 6.04 Å². The summed E-state index contributed by atoms with van der Waals surface area (Å²) in [6.07, 6.45) is 0.981. The van der Waals surface area contributed by atoms with Gasteiger partial charge >= 0.3 is 0 Å². The van der Waals surface area contributed by atoms with Crippen LogP contribution in [0.5, 0.6) is 5.75 Å². The second kappa shape index (κ2) is 5.87. The van der Waals surface area contributed by atoms with E-state index in [1.165, 1.54) is 5.56 Å². The van der Waals surface area contributed by atoms with Crippen molar-refractivity contribution in [3.8, 4) is 5.75 Å². The molecule has 3 heteroatoms. The fourth-order valence-corrected chi connectivity index (χ4v) is 1.94. The summed E-state index contributed by atoms with van der Waals surface area (Å²) < 4.78 is 5.34. The quantitative estimate of drug-likeness (QED) is 0.801. The average Bonchev–Trinajstić information content (AvgIpc) is 2.30. The Kier molecular flexibility index (Phi) is 4.77. The Morgan fingerprint density at radius 1 is 1.38 bits per heavy atom. The van der Waals surface area contributed by atoms with Gasteiger partial charge in [-0.1, -0.05) is 31.0 Å². The number of benzene rings is 1. The lowest BCUT2D eigenvalue weighted by Crippen LogP contribution is -2.27. The molecule has 4 N–H and O–H groups in total. The predicted octanol–water partition coefficient (Wildman–Crippen LogP) is 1.99. The zero-order valence-corrected chi connectivity index (χ0v) is 10.4. The van der Waals surface area contributed by atoms with Crippen LogP contribution in [0.2, 0.25) is 0 Å². The van der Waals surface area contributed by atoms with Crippen LogP contribution in [0.25, 0.3) is 0 Å². The Balaban J connectivity index is 3.04. The van der Waals surface area contributed by atoms with Gasteiger partial charge in [-0.15, -0.1) is 0 Å². The van der Waals surface area contributed by atoms with Crippen LogP contribution in [0.15, 0.2) is 18.2 Å². The van der Waals surface area contributed by atoms with Crippen molar-refractivity contribution >= 4 is 0 Å². The fraction of sp³-hybridized carbons (Fsp3) is 0.538. The molecule has 0 heterocycles. The highest BCUT2D eigenvalue weighted by Gasteiger charge is 2.19. The largest absolute Gasteiger partial charge is 0.496 e. The second-order valence-electron chi connectivity index (χ2n) is 4.18. The SMILES string of the molecule is CCC(CN)C(N)c1cc(C)ccc1OC. The van der Waals surface area contributed by atoms with Gasteiger partial charge in [0.15, 0.2) is 0 Å². The van der Waals surface area contributed by atoms with Gasteiger partial charge in [-0.25, -0.2) is 0 Å². The van der Waals surface area contributed by atoms with E-state index < -0.39 is 0 Å². The summed E-state index contributed by atoms with van der Waals surface area (Å²) in [7, 11) is 1.67. The third-order valence-electron chi connectivity index (χ3n) is 3.08. The monoisotopic (exact) mass is 222 g/mol. The summed E-state index contributed by atoms with van der Waals surface area (Å²) >= 11 is 0. The number of ether oxygens (including phenoxy) is 1. The first-order valence-electron chi connectivity index (χ1n) is 5.74. The molecule has 0 aliphatic heterocycles. The Hall–Kier alpha value is -1.06. The van der Waals surface area contributed by atoms with Crippen LogP contribution >= 0.6 is 0 Å². The molecule has 1 rings (SSSR count). The molecule has 90 valence electrons. The lowest BCUT2D eigenvalue weighted by atomic mass is 9.90. The van der Waals surface area contributed by atoms with E-state index in [4.69, 9.17) is 16.2 Å². The molecule has 0 spiro atoms. The van der Waals surface area contributed by atoms with Gasteiger partial charge in [0.1, 0.15) is 5.75 Å². The lowest BCUT2D eigenvalue weighted by Gasteiger charge is -2.23. The number of aryl methyl sites for hydroxylation is 1. The van der Waals surface area contributed by atoms with Crippen molar-refractivity contribution in [2.45, 2.75) is 26.3 Å². The average molecular weight is 222 g/mol. The van der Waals surface area contributed by atoms with Crippen LogP contribution in [0, 0.1) is 12.8 Å². The number of hydrogen-bond acceptors (Lipinski definition) is 3. The Bertz CT molecular complexity index is 335. The highest BCUT2D eigenvalue weighted by Crippen LogP contribution is 2.30. The van der Waals surface area contributed by atoms with E-state index in [0.29, 0.717) is 12.5 Å². The summed E-state index contributed by atoms with van der Waals surface area (Å²) in [5.41, 5.74) is 14.2. The summed E-state index contributed by atoms with van der Waals surface area (Å²) in [5, 5.41) is 0. The van der Waals surface area contributed by atoms with Gasteiger partial charge in [0.25, 0.3) is 0 Å². The molecule has 0 aromatic heterocycles. The van der Waals surface area contributed by atoms with E-state index in [9.17, 15) is 0 Å². The third kappa shape index (κ3) is 2.74. The molecule has 2 atom stereocenters. The van der Waals surface area contributed by atoms with E-state index in [1.54, 1.807) is 7.11 Å². The number of rotatable bonds is 5. The first kappa shape index (κ1) is 13.0. The summed E-state index contributed by atoms with van der Waals surface area (Å²) in [6, 6.07) is 6.03. The van der Waals surface area contributed by atoms with Gasteiger partial charge in [0.2, 0.25) is 0 Å². The normalized spacial score (nSPS) is 14.6. The standard InChI is InChI=1S/C13H22N2O/c1-4-10(8-14)13(15)11-7-9(2)5-6-12(11)16-3/h5-7,10,13H,4,8,14-15H2,1-3H3. The molecule has 0 saturated heterocycles. The van der Waals surface area contributed by atoms with Crippen LogP contribution < -0.4 is 16.2 Å². The highest BCUT2D eigenvalue weighted by atomic mass is 16.5. The third-order valence-corrected chi connectivity index (χ3v) is 3.08. The van der Waals surface area contributed by atoms with Crippen LogP contribution in [0.4, 0.5) is 0 Å². The minimum absolute atomic E-state index is 0.0511. The minimum Gasteiger partial charge on any atom is -0.496 e. The van der Waals surface area contributed by atoms with Crippen LogP contribution in [0.1, 0.15) is 30.5 Å². The molecule has 0 bridgehead atoms. The number of hydrogen-bond donors (Lipinski definition) is 2. The molecule has 16 heavy (non-hydrogen) atoms. The van der Waals surface area contributed by atoms with Crippen LogP contribution in [-0.4, -0.2) is 13.7 Å². The van der Waals surface area contributed by atoms with Gasteiger partial charge in [0, 0.05) is 11.6 Å². The summed E-state index contributed by atoms with van der Waals surface area (Å²) in [6.45, 7) is 4.77. The van der Waals surface area contributed by atoms with Crippen molar-refractivity contribution in [2.75, 3.05) is 13.7 Å². The van der Waals surface area contributed by atoms with Gasteiger partial charge in [-0.05, 0) is 25.5 Å². The molecular weight excluding hydrogens is 200 g/mol. The van der Waals surface area contributed by atoms with Gasteiger partial charge < -0.3 is 16.2 Å². The van der Waals surface area contributed by atoms with Crippen molar-refractivity contribution in [3.63, 3.8) is 0 Å². The van der Waals surface area contributed by atoms with Crippen molar-refractivity contribution in [1.29, 1.82) is 0 Å². The topological polar surface area (TPSA) is 61.3 Å². The second-order valence-corrected chi connectivity index (χ2v) is 4.18. The van der Waals surface area contributed by atoms with E-state index in [1.807, 2.05) is 12.1 Å². The smallest absolute Gasteiger partial charge is 0.123 e. The number of nitrogens with two attached hydrogens (primary N) is 2. The maximum atomic E-state index is 6.25. The van der Waals surface area contributed by atoms with E-state index >= 15 is 0 Å². The lowest BCUT2D eigenvalue weighted by molar-refractivity contribution is 0.380. The maximum absolute atomic E-state index is 6.25. The molecular formula is C13H22N2O. The summed E-state index contributed by atoms with van der Waals surface area (Å²) in [4.78, 5) is 0. The molecule has 0 radical (unpaired) electrons. The predicted molar refractivity (Wildman–Crippen MR) is 67.5 cm³/mol. The first-order chi connectivity index (χ1) is 7.63. The zero-order chi connectivity index (χ0) is 12.1. The van der Waals surface area contributed by atoms with Crippen molar-refractivity contribution in [1.82, 2.24) is 0 Å². The highest BCUT2D eigenvalue weighted by molar-refractivity contribution is 5.39. The van der Waals surface area contributed by atoms with Crippen LogP contribution in [0.3, 0.4) is 0 Å². The molecule has 0 amide bonds. The molecule has 0 saturated carbocycles. The zero-order valence-electron chi connectivity index (χ0n) is 10.4. The number of methoxy groups -OCH3 is 1. The minimum atomic E-state index is -0.0511. The van der Waals surface area contributed by atoms with Gasteiger partial charge in [0.05, 0.1) is 7.11 Å². The molecule has 0 fully saturated rings. The van der Waals surface area contributed by atoms with Gasteiger partial charge in [-0.2, -0.15) is 0 Å². The molecule has 1 aromatic carbocycles. The first-order valence-corrected chi connectivity index (χ1v) is 5.74. The molecule has 1 aromatic rings. The fourth-order valence-electron chi connectivity index (χ4n) is 1.94. The van der Waals surface area contributed by atoms with E-state index in [0.717, 1.165) is 17.7 Å². The van der Waals surface area contributed by atoms with Crippen molar-refractivity contribution in [3.05, 3.63) is 29.3 Å². The summed E-state index contributed by atoms with van der Waals surface area (Å²) in [5.74, 6) is 1.15. The van der Waals surface area contributed by atoms with Crippen LogP contribution in [-0.2, 0) is 0 Å². The Morgan fingerprint density at radius 3 is 2.56 bits per heavy atom. The van der Waals surface area contributed by atoms with Crippen molar-refractivity contribution in [2.24, 2.45) is 17.4 Å². The molecule has 0 aliphatic carbocycles. The van der Waals surface area contributed by atoms with Gasteiger partial charge in [-0.3, -0.25) is 0 Å². The molecule has 2 unspecified atom stereocenters. The molecule has 3 nitrogen and oxygen atoms in total. The maximum Gasteiger partial charge on any atom is 0.123 e. The Labute approximate surface area is 97.8 Å². The molecule has 0 aliphatic rings. The van der Waals surface area contributed by atoms with E-state index in [2.05, 4.69) is 19.9 Å².